The Morgan fingerprint density at radius 3 is 2.32 bits per heavy atom. The molecule has 0 amide bonds. The highest BCUT2D eigenvalue weighted by Gasteiger charge is 2.15. The van der Waals surface area contributed by atoms with Crippen LogP contribution >= 0.6 is 0 Å². The minimum Gasteiger partial charge on any atom is -0.496 e. The molecule has 0 saturated carbocycles. The molecule has 2 aromatic carbocycles. The highest BCUT2D eigenvalue weighted by atomic mass is 16.5. The van der Waals surface area contributed by atoms with Gasteiger partial charge in [0.2, 0.25) is 0 Å². The molecule has 0 spiro atoms. The van der Waals surface area contributed by atoms with Crippen LogP contribution in [-0.4, -0.2) is 7.11 Å². The molecule has 3 nitrogen and oxygen atoms in total. The summed E-state index contributed by atoms with van der Waals surface area (Å²) in [7, 11) is 1.63. The molecular weight excluding hydrogens is 276 g/mol. The molecule has 3 rings (SSSR count). The molecule has 0 aliphatic carbocycles. The Morgan fingerprint density at radius 2 is 1.59 bits per heavy atom. The van der Waals surface area contributed by atoms with Crippen LogP contribution in [0.2, 0.25) is 0 Å². The molecular formula is C19H16O3. The van der Waals surface area contributed by atoms with Crippen LogP contribution in [0, 0.1) is 6.92 Å². The van der Waals surface area contributed by atoms with E-state index in [1.54, 1.807) is 14.0 Å². The number of aryl methyl sites for hydroxylation is 1. The maximum Gasteiger partial charge on any atom is 0.339 e. The van der Waals surface area contributed by atoms with Crippen LogP contribution in [0.25, 0.3) is 22.5 Å². The molecule has 0 N–H and O–H groups in total. The van der Waals surface area contributed by atoms with E-state index in [2.05, 4.69) is 0 Å². The summed E-state index contributed by atoms with van der Waals surface area (Å²) >= 11 is 0. The lowest BCUT2D eigenvalue weighted by molar-refractivity contribution is 0.416. The molecule has 1 aromatic heterocycles. The summed E-state index contributed by atoms with van der Waals surface area (Å²) in [6.07, 6.45) is 0. The Balaban J connectivity index is 2.31. The topological polar surface area (TPSA) is 39.4 Å². The predicted octanol–water partition coefficient (Wildman–Crippen LogP) is 4.29. The summed E-state index contributed by atoms with van der Waals surface area (Å²) in [5.41, 5.74) is 2.86. The first-order chi connectivity index (χ1) is 10.7. The van der Waals surface area contributed by atoms with Crippen LogP contribution < -0.4 is 10.4 Å². The maximum absolute atomic E-state index is 12.0. The molecule has 0 bridgehead atoms. The van der Waals surface area contributed by atoms with Crippen molar-refractivity contribution in [3.8, 4) is 28.2 Å². The largest absolute Gasteiger partial charge is 0.496 e. The van der Waals surface area contributed by atoms with Crippen molar-refractivity contribution < 1.29 is 9.15 Å². The van der Waals surface area contributed by atoms with Gasteiger partial charge in [-0.15, -0.1) is 0 Å². The van der Waals surface area contributed by atoms with Crippen molar-refractivity contribution in [2.45, 2.75) is 6.92 Å². The Morgan fingerprint density at radius 1 is 0.909 bits per heavy atom. The molecule has 0 atom stereocenters. The lowest BCUT2D eigenvalue weighted by atomic mass is 9.98. The number of rotatable bonds is 3. The zero-order chi connectivity index (χ0) is 15.5. The fourth-order valence-electron chi connectivity index (χ4n) is 2.44. The van der Waals surface area contributed by atoms with Gasteiger partial charge in [-0.2, -0.15) is 0 Å². The van der Waals surface area contributed by atoms with Gasteiger partial charge in [0.05, 0.1) is 7.11 Å². The molecule has 22 heavy (non-hydrogen) atoms. The van der Waals surface area contributed by atoms with Gasteiger partial charge in [-0.1, -0.05) is 48.5 Å². The van der Waals surface area contributed by atoms with E-state index in [1.807, 2.05) is 60.7 Å². The second-order valence-corrected chi connectivity index (χ2v) is 5.03. The van der Waals surface area contributed by atoms with Crippen LogP contribution in [0.5, 0.6) is 5.75 Å². The number of hydrogen-bond acceptors (Lipinski definition) is 3. The smallest absolute Gasteiger partial charge is 0.339 e. The molecule has 0 aliphatic heterocycles. The molecule has 0 saturated heterocycles. The monoisotopic (exact) mass is 292 g/mol. The van der Waals surface area contributed by atoms with E-state index in [-0.39, 0.29) is 5.63 Å². The van der Waals surface area contributed by atoms with E-state index in [0.717, 1.165) is 22.4 Å². The van der Waals surface area contributed by atoms with E-state index in [1.165, 1.54) is 0 Å². The molecule has 3 heteroatoms. The van der Waals surface area contributed by atoms with Crippen molar-refractivity contribution in [1.82, 2.24) is 0 Å². The molecule has 0 radical (unpaired) electrons. The zero-order valence-corrected chi connectivity index (χ0v) is 12.5. The molecule has 0 fully saturated rings. The highest BCUT2D eigenvalue weighted by molar-refractivity contribution is 5.82. The van der Waals surface area contributed by atoms with Crippen molar-refractivity contribution in [3.63, 3.8) is 0 Å². The van der Waals surface area contributed by atoms with E-state index in [9.17, 15) is 4.79 Å². The second kappa shape index (κ2) is 5.90. The van der Waals surface area contributed by atoms with E-state index in [0.29, 0.717) is 11.3 Å². The van der Waals surface area contributed by atoms with Crippen molar-refractivity contribution in [2.24, 2.45) is 0 Å². The van der Waals surface area contributed by atoms with Crippen LogP contribution in [0.4, 0.5) is 0 Å². The number of benzene rings is 2. The van der Waals surface area contributed by atoms with Crippen LogP contribution in [0.1, 0.15) is 5.56 Å². The SMILES string of the molecule is COc1ccccc1-c1cc(C)c(=O)oc1-c1ccccc1. The summed E-state index contributed by atoms with van der Waals surface area (Å²) in [6.45, 7) is 1.75. The fraction of sp³-hybridized carbons (Fsp3) is 0.105. The molecule has 0 aliphatic rings. The van der Waals surface area contributed by atoms with Crippen LogP contribution in [0.15, 0.2) is 69.9 Å². The first-order valence-electron chi connectivity index (χ1n) is 7.04. The Bertz CT molecular complexity index is 848. The lowest BCUT2D eigenvalue weighted by Gasteiger charge is -2.12. The minimum absolute atomic E-state index is 0.322. The lowest BCUT2D eigenvalue weighted by Crippen LogP contribution is -2.05. The van der Waals surface area contributed by atoms with Gasteiger partial charge in [0.15, 0.2) is 0 Å². The van der Waals surface area contributed by atoms with Crippen molar-refractivity contribution >= 4 is 0 Å². The van der Waals surface area contributed by atoms with E-state index >= 15 is 0 Å². The summed E-state index contributed by atoms with van der Waals surface area (Å²) < 4.78 is 11.0. The number of methoxy groups -OCH3 is 1. The molecule has 3 aromatic rings. The van der Waals surface area contributed by atoms with E-state index < -0.39 is 0 Å². The van der Waals surface area contributed by atoms with Gasteiger partial charge in [0, 0.05) is 22.3 Å². The third-order valence-corrected chi connectivity index (χ3v) is 3.56. The van der Waals surface area contributed by atoms with Gasteiger partial charge in [0.1, 0.15) is 11.5 Å². The minimum atomic E-state index is -0.322. The summed E-state index contributed by atoms with van der Waals surface area (Å²) in [4.78, 5) is 12.0. The number of hydrogen-bond donors (Lipinski definition) is 0. The first-order valence-corrected chi connectivity index (χ1v) is 7.04. The molecule has 1 heterocycles. The van der Waals surface area contributed by atoms with Crippen LogP contribution in [-0.2, 0) is 0 Å². The standard InChI is InChI=1S/C19H16O3/c1-13-12-16(15-10-6-7-11-17(15)21-2)18(22-19(13)20)14-8-4-3-5-9-14/h3-12H,1-2H3. The fourth-order valence-corrected chi connectivity index (χ4v) is 2.44. The normalized spacial score (nSPS) is 10.5. The average molecular weight is 292 g/mol. The van der Waals surface area contributed by atoms with Crippen molar-refractivity contribution in [1.29, 1.82) is 0 Å². The number of ether oxygens (including phenoxy) is 1. The van der Waals surface area contributed by atoms with Gasteiger partial charge in [-0.25, -0.2) is 4.79 Å². The van der Waals surface area contributed by atoms with Gasteiger partial charge < -0.3 is 9.15 Å². The third-order valence-electron chi connectivity index (χ3n) is 3.56. The third kappa shape index (κ3) is 2.53. The quantitative estimate of drug-likeness (QED) is 0.723. The van der Waals surface area contributed by atoms with Gasteiger partial charge in [0.25, 0.3) is 0 Å². The summed E-state index contributed by atoms with van der Waals surface area (Å²) in [5, 5.41) is 0. The van der Waals surface area contributed by atoms with Crippen molar-refractivity contribution in [2.75, 3.05) is 7.11 Å². The zero-order valence-electron chi connectivity index (χ0n) is 12.5. The number of para-hydroxylation sites is 1. The Kier molecular flexibility index (Phi) is 3.79. The van der Waals surface area contributed by atoms with Gasteiger partial charge in [-0.05, 0) is 19.1 Å². The Hall–Kier alpha value is -2.81. The Labute approximate surface area is 128 Å². The highest BCUT2D eigenvalue weighted by Crippen LogP contribution is 2.36. The first kappa shape index (κ1) is 14.1. The second-order valence-electron chi connectivity index (χ2n) is 5.03. The average Bonchev–Trinajstić information content (AvgIpc) is 2.57. The predicted molar refractivity (Wildman–Crippen MR) is 87.1 cm³/mol. The molecule has 110 valence electrons. The van der Waals surface area contributed by atoms with Crippen LogP contribution in [0.3, 0.4) is 0 Å². The maximum atomic E-state index is 12.0. The summed E-state index contributed by atoms with van der Waals surface area (Å²) in [5.74, 6) is 1.30. The van der Waals surface area contributed by atoms with Gasteiger partial charge in [-0.3, -0.25) is 0 Å². The molecule has 0 unspecified atom stereocenters. The summed E-state index contributed by atoms with van der Waals surface area (Å²) in [6, 6.07) is 19.2. The van der Waals surface area contributed by atoms with Gasteiger partial charge >= 0.3 is 5.63 Å². The van der Waals surface area contributed by atoms with E-state index in [4.69, 9.17) is 9.15 Å². The van der Waals surface area contributed by atoms with Crippen molar-refractivity contribution in [3.05, 3.63) is 76.6 Å².